The smallest absolute Gasteiger partial charge is 0.326 e. The minimum atomic E-state index is -0.852. The van der Waals surface area contributed by atoms with Gasteiger partial charge in [0.2, 0.25) is 0 Å². The second-order valence-corrected chi connectivity index (χ2v) is 6.02. The van der Waals surface area contributed by atoms with Crippen molar-refractivity contribution in [3.05, 3.63) is 15.0 Å². The second kappa shape index (κ2) is 4.06. The van der Waals surface area contributed by atoms with Crippen LogP contribution in [-0.4, -0.2) is 15.6 Å². The van der Waals surface area contributed by atoms with E-state index in [1.54, 1.807) is 11.5 Å². The van der Waals surface area contributed by atoms with Crippen LogP contribution in [0.15, 0.2) is 5.38 Å². The molecule has 0 bridgehead atoms. The predicted octanol–water partition coefficient (Wildman–Crippen LogP) is 3.22. The number of rotatable bonds is 2. The molecule has 0 aromatic carbocycles. The van der Waals surface area contributed by atoms with Crippen molar-refractivity contribution < 1.29 is 9.90 Å². The van der Waals surface area contributed by atoms with Gasteiger partial charge in [-0.3, -0.25) is 0 Å². The Hall–Kier alpha value is -0.680. The van der Waals surface area contributed by atoms with E-state index in [2.05, 4.69) is 20.8 Å². The van der Waals surface area contributed by atoms with Gasteiger partial charge in [0, 0.05) is 16.5 Å². The number of carbonyl (C=O) groups is 1. The summed E-state index contributed by atoms with van der Waals surface area (Å²) >= 11 is 6.57. The lowest BCUT2D eigenvalue weighted by Gasteiger charge is -2.23. The Morgan fingerprint density at radius 3 is 2.53 bits per heavy atom. The SMILES string of the molecule is CC(C(=O)O)n1c(C(C)(C)C)csc1=S. The average molecular weight is 245 g/mol. The number of carboxylic acids is 1. The lowest BCUT2D eigenvalue weighted by molar-refractivity contribution is -0.140. The topological polar surface area (TPSA) is 42.2 Å². The summed E-state index contributed by atoms with van der Waals surface area (Å²) in [6.45, 7) is 7.80. The molecule has 0 saturated heterocycles. The van der Waals surface area contributed by atoms with E-state index >= 15 is 0 Å². The zero-order valence-electron chi connectivity index (χ0n) is 9.27. The zero-order chi connectivity index (χ0) is 11.8. The van der Waals surface area contributed by atoms with Crippen LogP contribution in [0.25, 0.3) is 0 Å². The van der Waals surface area contributed by atoms with Crippen LogP contribution < -0.4 is 0 Å². The van der Waals surface area contributed by atoms with Gasteiger partial charge in [0.15, 0.2) is 3.95 Å². The number of nitrogens with zero attached hydrogens (tertiary/aromatic N) is 1. The van der Waals surface area contributed by atoms with E-state index in [0.717, 1.165) is 5.69 Å². The van der Waals surface area contributed by atoms with E-state index in [0.29, 0.717) is 3.95 Å². The fourth-order valence-electron chi connectivity index (χ4n) is 1.33. The summed E-state index contributed by atoms with van der Waals surface area (Å²) in [6.07, 6.45) is 0. The molecule has 0 aliphatic carbocycles. The van der Waals surface area contributed by atoms with Crippen molar-refractivity contribution in [2.24, 2.45) is 0 Å². The lowest BCUT2D eigenvalue weighted by Crippen LogP contribution is -2.24. The van der Waals surface area contributed by atoms with Crippen molar-refractivity contribution in [3.63, 3.8) is 0 Å². The van der Waals surface area contributed by atoms with Crippen molar-refractivity contribution in [1.29, 1.82) is 0 Å². The van der Waals surface area contributed by atoms with Crippen molar-refractivity contribution >= 4 is 29.5 Å². The minimum absolute atomic E-state index is 0.0860. The maximum Gasteiger partial charge on any atom is 0.326 e. The number of aromatic nitrogens is 1. The maximum absolute atomic E-state index is 11.0. The Kier molecular flexibility index (Phi) is 3.35. The van der Waals surface area contributed by atoms with E-state index in [1.165, 1.54) is 11.3 Å². The maximum atomic E-state index is 11.0. The lowest BCUT2D eigenvalue weighted by atomic mass is 9.92. The Morgan fingerprint density at radius 1 is 1.60 bits per heavy atom. The van der Waals surface area contributed by atoms with E-state index in [4.69, 9.17) is 17.3 Å². The van der Waals surface area contributed by atoms with Gasteiger partial charge in [0.1, 0.15) is 6.04 Å². The highest BCUT2D eigenvalue weighted by atomic mass is 32.1. The standard InChI is InChI=1S/C10H15NO2S2/c1-6(8(12)13)11-7(10(2,3)4)5-15-9(11)14/h5-6H,1-4H3,(H,12,13). The molecule has 15 heavy (non-hydrogen) atoms. The van der Waals surface area contributed by atoms with Gasteiger partial charge >= 0.3 is 5.97 Å². The number of aliphatic carboxylic acids is 1. The summed E-state index contributed by atoms with van der Waals surface area (Å²) in [7, 11) is 0. The highest BCUT2D eigenvalue weighted by molar-refractivity contribution is 7.73. The molecule has 1 atom stereocenters. The van der Waals surface area contributed by atoms with Gasteiger partial charge < -0.3 is 9.67 Å². The molecule has 0 amide bonds. The van der Waals surface area contributed by atoms with Crippen molar-refractivity contribution in [1.82, 2.24) is 4.57 Å². The Balaban J connectivity index is 3.34. The molecule has 0 saturated carbocycles. The molecule has 3 nitrogen and oxygen atoms in total. The van der Waals surface area contributed by atoms with Gasteiger partial charge in [0.05, 0.1) is 0 Å². The summed E-state index contributed by atoms with van der Waals surface area (Å²) in [4.78, 5) is 11.0. The number of hydrogen-bond acceptors (Lipinski definition) is 3. The quantitative estimate of drug-likeness (QED) is 0.813. The van der Waals surface area contributed by atoms with Crippen LogP contribution in [0.4, 0.5) is 0 Å². The van der Waals surface area contributed by atoms with Crippen LogP contribution in [0.3, 0.4) is 0 Å². The fourth-order valence-corrected chi connectivity index (χ4v) is 2.78. The molecule has 0 aliphatic heterocycles. The van der Waals surface area contributed by atoms with Crippen LogP contribution in [0.5, 0.6) is 0 Å². The van der Waals surface area contributed by atoms with Gasteiger partial charge in [-0.25, -0.2) is 4.79 Å². The Bertz CT molecular complexity index is 425. The van der Waals surface area contributed by atoms with Gasteiger partial charge in [-0.15, -0.1) is 11.3 Å². The zero-order valence-corrected chi connectivity index (χ0v) is 10.9. The van der Waals surface area contributed by atoms with Gasteiger partial charge in [-0.1, -0.05) is 20.8 Å². The van der Waals surface area contributed by atoms with E-state index < -0.39 is 12.0 Å². The normalized spacial score (nSPS) is 13.9. The van der Waals surface area contributed by atoms with Crippen LogP contribution in [-0.2, 0) is 10.2 Å². The molecular weight excluding hydrogens is 230 g/mol. The third-order valence-corrected chi connectivity index (χ3v) is 3.47. The molecule has 1 rings (SSSR count). The first-order chi connectivity index (χ1) is 6.75. The van der Waals surface area contributed by atoms with Crippen molar-refractivity contribution in [3.8, 4) is 0 Å². The van der Waals surface area contributed by atoms with Crippen LogP contribution >= 0.6 is 23.6 Å². The summed E-state index contributed by atoms with van der Waals surface area (Å²) in [5, 5.41) is 11.0. The second-order valence-electron chi connectivity index (χ2n) is 4.52. The van der Waals surface area contributed by atoms with Crippen LogP contribution in [0, 0.1) is 3.95 Å². The summed E-state index contributed by atoms with van der Waals surface area (Å²) in [5.41, 5.74) is 0.893. The molecule has 0 radical (unpaired) electrons. The molecule has 1 N–H and O–H groups in total. The number of carboxylic acid groups (broad SMARTS) is 1. The van der Waals surface area contributed by atoms with Gasteiger partial charge in [0.25, 0.3) is 0 Å². The first-order valence-electron chi connectivity index (χ1n) is 4.68. The third-order valence-electron chi connectivity index (χ3n) is 2.24. The Morgan fingerprint density at radius 2 is 2.13 bits per heavy atom. The molecule has 5 heteroatoms. The van der Waals surface area contributed by atoms with Crippen LogP contribution in [0.1, 0.15) is 39.4 Å². The molecule has 1 aromatic heterocycles. The summed E-state index contributed by atoms with van der Waals surface area (Å²) < 4.78 is 2.34. The fraction of sp³-hybridized carbons (Fsp3) is 0.600. The van der Waals surface area contributed by atoms with Crippen molar-refractivity contribution in [2.75, 3.05) is 0 Å². The van der Waals surface area contributed by atoms with E-state index in [-0.39, 0.29) is 5.41 Å². The highest BCUT2D eigenvalue weighted by Gasteiger charge is 2.24. The largest absolute Gasteiger partial charge is 0.480 e. The Labute approximate surface area is 98.4 Å². The first kappa shape index (κ1) is 12.4. The molecular formula is C10H15NO2S2. The molecule has 0 fully saturated rings. The number of hydrogen-bond donors (Lipinski definition) is 1. The summed E-state index contributed by atoms with van der Waals surface area (Å²) in [5.74, 6) is -0.852. The molecule has 1 unspecified atom stereocenters. The molecule has 1 heterocycles. The predicted molar refractivity (Wildman–Crippen MR) is 64.2 cm³/mol. The molecule has 0 spiro atoms. The van der Waals surface area contributed by atoms with Crippen molar-refractivity contribution in [2.45, 2.75) is 39.2 Å². The van der Waals surface area contributed by atoms with E-state index in [9.17, 15) is 4.79 Å². The van der Waals surface area contributed by atoms with Crippen LogP contribution in [0.2, 0.25) is 0 Å². The van der Waals surface area contributed by atoms with Gasteiger partial charge in [-0.2, -0.15) is 0 Å². The number of thiazole rings is 1. The minimum Gasteiger partial charge on any atom is -0.480 e. The highest BCUT2D eigenvalue weighted by Crippen LogP contribution is 2.28. The van der Waals surface area contributed by atoms with Gasteiger partial charge in [-0.05, 0) is 19.1 Å². The average Bonchev–Trinajstić information content (AvgIpc) is 2.44. The summed E-state index contributed by atoms with van der Waals surface area (Å²) in [6, 6.07) is -0.599. The molecule has 1 aromatic rings. The first-order valence-corrected chi connectivity index (χ1v) is 5.97. The molecule has 0 aliphatic rings. The molecule has 84 valence electrons. The third kappa shape index (κ3) is 2.46. The monoisotopic (exact) mass is 245 g/mol. The van der Waals surface area contributed by atoms with E-state index in [1.807, 2.05) is 5.38 Å².